The molecule has 3 heteroatoms. The Hall–Kier alpha value is 0.270. The van der Waals surface area contributed by atoms with Gasteiger partial charge in [0.25, 0.3) is 0 Å². The van der Waals surface area contributed by atoms with Crippen molar-refractivity contribution in [3.8, 4) is 0 Å². The number of ether oxygens (including phenoxy) is 1. The molecule has 0 aromatic carbocycles. The fraction of sp³-hybridized carbons (Fsp3) is 1.00. The maximum Gasteiger partial charge on any atom is 0.0574 e. The minimum absolute atomic E-state index is 0.141. The lowest BCUT2D eigenvalue weighted by Gasteiger charge is -2.61. The van der Waals surface area contributed by atoms with Gasteiger partial charge in [0.2, 0.25) is 0 Å². The zero-order chi connectivity index (χ0) is 17.8. The Morgan fingerprint density at radius 2 is 1.84 bits per heavy atom. The molecule has 0 saturated heterocycles. The van der Waals surface area contributed by atoms with Crippen molar-refractivity contribution in [2.75, 3.05) is 13.4 Å². The van der Waals surface area contributed by atoms with Crippen LogP contribution in [0.5, 0.6) is 0 Å². The van der Waals surface area contributed by atoms with E-state index in [0.717, 1.165) is 23.7 Å². The molecule has 0 amide bonds. The lowest BCUT2D eigenvalue weighted by atomic mass is 9.46. The van der Waals surface area contributed by atoms with Crippen LogP contribution in [0, 0.1) is 35.0 Å². The molecule has 0 heterocycles. The fourth-order valence-electron chi connectivity index (χ4n) is 8.14. The van der Waals surface area contributed by atoms with Crippen LogP contribution in [0.15, 0.2) is 0 Å². The van der Waals surface area contributed by atoms with Crippen molar-refractivity contribution in [2.24, 2.45) is 35.0 Å². The summed E-state index contributed by atoms with van der Waals surface area (Å²) in [6, 6.07) is 0. The number of fused-ring (bicyclic) bond motifs is 5. The average molecular weight is 367 g/mol. The monoisotopic (exact) mass is 366 g/mol. The van der Waals surface area contributed by atoms with Crippen molar-refractivity contribution in [3.63, 3.8) is 0 Å². The molecular weight excluding hydrogens is 328 g/mol. The van der Waals surface area contributed by atoms with Gasteiger partial charge < -0.3 is 9.84 Å². The molecule has 9 atom stereocenters. The number of aliphatic hydroxyl groups excluding tert-OH is 1. The molecule has 4 aliphatic rings. The molecule has 4 aliphatic carbocycles. The third-order valence-electron chi connectivity index (χ3n) is 9.40. The average Bonchev–Trinajstić information content (AvgIpc) is 3.01. The zero-order valence-corrected chi connectivity index (χ0v) is 17.5. The van der Waals surface area contributed by atoms with Crippen LogP contribution < -0.4 is 0 Å². The maximum absolute atomic E-state index is 10.5. The SMILES string of the molecule is CO[C@H]1CC[C@@]2(C)C(CCC3C2CC[C@@]2(SC)C3CCC2[C@@H](C)O)C1. The van der Waals surface area contributed by atoms with Gasteiger partial charge in [0.15, 0.2) is 0 Å². The number of aliphatic hydroxyl groups is 1. The van der Waals surface area contributed by atoms with Crippen molar-refractivity contribution in [3.05, 3.63) is 0 Å². The molecule has 1 N–H and O–H groups in total. The number of thioether (sulfide) groups is 1. The van der Waals surface area contributed by atoms with Crippen LogP contribution in [-0.4, -0.2) is 35.4 Å². The zero-order valence-electron chi connectivity index (χ0n) is 16.7. The minimum atomic E-state index is -0.141. The number of methoxy groups -OCH3 is 1. The van der Waals surface area contributed by atoms with Crippen LogP contribution in [0.3, 0.4) is 0 Å². The first kappa shape index (κ1) is 18.6. The minimum Gasteiger partial charge on any atom is -0.393 e. The van der Waals surface area contributed by atoms with Gasteiger partial charge in [-0.1, -0.05) is 6.92 Å². The Bertz CT molecular complexity index is 494. The van der Waals surface area contributed by atoms with Gasteiger partial charge in [-0.05, 0) is 106 Å². The highest BCUT2D eigenvalue weighted by Crippen LogP contribution is 2.67. The highest BCUT2D eigenvalue weighted by molar-refractivity contribution is 8.00. The van der Waals surface area contributed by atoms with Crippen molar-refractivity contribution in [1.82, 2.24) is 0 Å². The first-order valence-electron chi connectivity index (χ1n) is 10.7. The normalized spacial score (nSPS) is 53.6. The molecule has 4 fully saturated rings. The molecular formula is C22H38O2S. The predicted molar refractivity (Wildman–Crippen MR) is 106 cm³/mol. The number of rotatable bonds is 3. The molecule has 144 valence electrons. The lowest BCUT2D eigenvalue weighted by molar-refractivity contribution is -0.111. The number of hydrogen-bond acceptors (Lipinski definition) is 3. The second kappa shape index (κ2) is 6.71. The van der Waals surface area contributed by atoms with Crippen molar-refractivity contribution in [1.29, 1.82) is 0 Å². The van der Waals surface area contributed by atoms with E-state index < -0.39 is 0 Å². The molecule has 4 rings (SSSR count). The van der Waals surface area contributed by atoms with Crippen LogP contribution in [0.4, 0.5) is 0 Å². The third kappa shape index (κ3) is 2.66. The molecule has 0 spiro atoms. The Balaban J connectivity index is 1.60. The Labute approximate surface area is 158 Å². The summed E-state index contributed by atoms with van der Waals surface area (Å²) in [5.41, 5.74) is 0.547. The van der Waals surface area contributed by atoms with Crippen LogP contribution in [-0.2, 0) is 4.74 Å². The summed E-state index contributed by atoms with van der Waals surface area (Å²) in [6.07, 6.45) is 14.8. The quantitative estimate of drug-likeness (QED) is 0.750. The van der Waals surface area contributed by atoms with Gasteiger partial charge in [0.05, 0.1) is 12.2 Å². The Kier molecular flexibility index (Phi) is 5.00. The van der Waals surface area contributed by atoms with Gasteiger partial charge >= 0.3 is 0 Å². The topological polar surface area (TPSA) is 29.5 Å². The molecule has 0 aromatic heterocycles. The lowest BCUT2D eigenvalue weighted by Crippen LogP contribution is -2.56. The summed E-state index contributed by atoms with van der Waals surface area (Å²) in [6.45, 7) is 4.68. The van der Waals surface area contributed by atoms with Crippen molar-refractivity contribution >= 4 is 11.8 Å². The van der Waals surface area contributed by atoms with E-state index in [1.807, 2.05) is 14.0 Å². The highest BCUT2D eigenvalue weighted by Gasteiger charge is 2.62. The van der Waals surface area contributed by atoms with Crippen LogP contribution in [0.2, 0.25) is 0 Å². The van der Waals surface area contributed by atoms with E-state index in [1.54, 1.807) is 0 Å². The second-order valence-electron chi connectivity index (χ2n) is 9.91. The van der Waals surface area contributed by atoms with Gasteiger partial charge in [-0.2, -0.15) is 11.8 Å². The molecule has 0 radical (unpaired) electrons. The molecule has 4 saturated carbocycles. The first-order chi connectivity index (χ1) is 12.0. The summed E-state index contributed by atoms with van der Waals surface area (Å²) in [4.78, 5) is 0. The van der Waals surface area contributed by atoms with Crippen LogP contribution in [0.25, 0.3) is 0 Å². The third-order valence-corrected chi connectivity index (χ3v) is 11.0. The molecule has 0 aliphatic heterocycles. The first-order valence-corrected chi connectivity index (χ1v) is 11.9. The molecule has 0 bridgehead atoms. The van der Waals surface area contributed by atoms with E-state index in [9.17, 15) is 5.11 Å². The van der Waals surface area contributed by atoms with Crippen LogP contribution >= 0.6 is 11.8 Å². The summed E-state index contributed by atoms with van der Waals surface area (Å²) in [7, 11) is 1.90. The summed E-state index contributed by atoms with van der Waals surface area (Å²) >= 11 is 2.11. The fourth-order valence-corrected chi connectivity index (χ4v) is 9.68. The molecule has 25 heavy (non-hydrogen) atoms. The van der Waals surface area contributed by atoms with E-state index in [0.29, 0.717) is 22.2 Å². The standard InChI is InChI=1S/C22H38O2S/c1-14(23)18-7-8-20-17-6-5-15-13-16(24-3)9-11-21(15,2)19(17)10-12-22(18,20)25-4/h14-20,23H,5-13H2,1-4H3/t14-,15?,16+,17?,18?,19?,20?,21+,22+/m1/s1. The molecule has 5 unspecified atom stereocenters. The van der Waals surface area contributed by atoms with Crippen LogP contribution in [0.1, 0.15) is 71.6 Å². The van der Waals surface area contributed by atoms with Gasteiger partial charge in [0.1, 0.15) is 0 Å². The van der Waals surface area contributed by atoms with Gasteiger partial charge in [-0.15, -0.1) is 0 Å². The second-order valence-corrected chi connectivity index (χ2v) is 11.1. The van der Waals surface area contributed by atoms with Crippen molar-refractivity contribution < 1.29 is 9.84 Å². The van der Waals surface area contributed by atoms with Gasteiger partial charge in [0, 0.05) is 11.9 Å². The van der Waals surface area contributed by atoms with Crippen molar-refractivity contribution in [2.45, 2.75) is 88.6 Å². The van der Waals surface area contributed by atoms with E-state index in [-0.39, 0.29) is 6.10 Å². The Morgan fingerprint density at radius 1 is 1.04 bits per heavy atom. The predicted octanol–water partition coefficient (Wildman–Crippen LogP) is 5.14. The van der Waals surface area contributed by atoms with E-state index in [4.69, 9.17) is 4.74 Å². The Morgan fingerprint density at radius 3 is 2.52 bits per heavy atom. The largest absolute Gasteiger partial charge is 0.393 e. The van der Waals surface area contributed by atoms with Gasteiger partial charge in [-0.3, -0.25) is 0 Å². The highest BCUT2D eigenvalue weighted by atomic mass is 32.2. The van der Waals surface area contributed by atoms with E-state index in [2.05, 4.69) is 24.9 Å². The maximum atomic E-state index is 10.5. The number of hydrogen-bond donors (Lipinski definition) is 1. The van der Waals surface area contributed by atoms with Gasteiger partial charge in [-0.25, -0.2) is 0 Å². The van der Waals surface area contributed by atoms with E-state index in [1.165, 1.54) is 57.8 Å². The summed E-state index contributed by atoms with van der Waals surface area (Å²) in [5.74, 6) is 4.07. The summed E-state index contributed by atoms with van der Waals surface area (Å²) in [5, 5.41) is 10.5. The van der Waals surface area contributed by atoms with E-state index >= 15 is 0 Å². The molecule has 0 aromatic rings. The smallest absolute Gasteiger partial charge is 0.0574 e. The summed E-state index contributed by atoms with van der Waals surface area (Å²) < 4.78 is 6.10. The molecule has 2 nitrogen and oxygen atoms in total.